The summed E-state index contributed by atoms with van der Waals surface area (Å²) < 4.78 is 15.7. The molecule has 0 radical (unpaired) electrons. The van der Waals surface area contributed by atoms with Gasteiger partial charge in [0, 0.05) is 19.3 Å². The summed E-state index contributed by atoms with van der Waals surface area (Å²) in [6.45, 7) is 2.60. The van der Waals surface area contributed by atoms with Crippen molar-refractivity contribution in [3.05, 3.63) is 41.5 Å². The predicted octanol–water partition coefficient (Wildman–Crippen LogP) is 2.45. The summed E-state index contributed by atoms with van der Waals surface area (Å²) in [6.07, 6.45) is 6.28. The quantitative estimate of drug-likeness (QED) is 0.396. The molecule has 26 heavy (non-hydrogen) atoms. The van der Waals surface area contributed by atoms with Gasteiger partial charge in [-0.05, 0) is 31.9 Å². The predicted molar refractivity (Wildman–Crippen MR) is 109 cm³/mol. The number of aromatic nitrogens is 4. The Morgan fingerprint density at radius 2 is 2.12 bits per heavy atom. The van der Waals surface area contributed by atoms with Gasteiger partial charge in [0.05, 0.1) is 18.8 Å². The third-order valence-corrected chi connectivity index (χ3v) is 4.51. The van der Waals surface area contributed by atoms with Crippen molar-refractivity contribution in [1.29, 1.82) is 0 Å². The molecule has 2 aromatic heterocycles. The van der Waals surface area contributed by atoms with Crippen LogP contribution in [0.15, 0.2) is 23.3 Å². The first kappa shape index (κ1) is 20.5. The first-order valence-electron chi connectivity index (χ1n) is 8.62. The number of hydrogen-bond donors (Lipinski definition) is 2. The molecule has 0 saturated heterocycles. The van der Waals surface area contributed by atoms with Crippen molar-refractivity contribution < 1.29 is 4.39 Å². The van der Waals surface area contributed by atoms with E-state index in [1.807, 2.05) is 18.5 Å². The largest absolute Gasteiger partial charge is 0.354 e. The SMILES string of the molecule is Cc1nnc(CNC(=NCc2ncccc2F)NC2CCCC2)n1C.I. The van der Waals surface area contributed by atoms with Crippen LogP contribution >= 0.6 is 24.0 Å². The van der Waals surface area contributed by atoms with E-state index in [1.54, 1.807) is 12.3 Å². The van der Waals surface area contributed by atoms with Gasteiger partial charge >= 0.3 is 0 Å². The normalized spacial score (nSPS) is 15.0. The van der Waals surface area contributed by atoms with Crippen molar-refractivity contribution in [2.24, 2.45) is 12.0 Å². The molecule has 0 bridgehead atoms. The van der Waals surface area contributed by atoms with Gasteiger partial charge in [-0.15, -0.1) is 34.2 Å². The van der Waals surface area contributed by atoms with E-state index in [-0.39, 0.29) is 36.3 Å². The molecule has 2 heterocycles. The van der Waals surface area contributed by atoms with Gasteiger partial charge in [0.1, 0.15) is 11.6 Å². The zero-order valence-electron chi connectivity index (χ0n) is 15.1. The van der Waals surface area contributed by atoms with Crippen molar-refractivity contribution in [3.8, 4) is 0 Å². The molecule has 1 aliphatic carbocycles. The number of aliphatic imine (C=N–C) groups is 1. The van der Waals surface area contributed by atoms with Crippen LogP contribution in [0.4, 0.5) is 4.39 Å². The number of hydrogen-bond acceptors (Lipinski definition) is 4. The third kappa shape index (κ3) is 5.36. The average Bonchev–Trinajstić information content (AvgIpc) is 3.23. The summed E-state index contributed by atoms with van der Waals surface area (Å²) in [4.78, 5) is 8.56. The van der Waals surface area contributed by atoms with E-state index in [9.17, 15) is 4.39 Å². The lowest BCUT2D eigenvalue weighted by molar-refractivity contribution is 0.592. The molecule has 1 aliphatic rings. The summed E-state index contributed by atoms with van der Waals surface area (Å²) >= 11 is 0. The lowest BCUT2D eigenvalue weighted by atomic mass is 10.2. The molecule has 7 nitrogen and oxygen atoms in total. The minimum absolute atomic E-state index is 0. The molecule has 0 spiro atoms. The number of nitrogens with zero attached hydrogens (tertiary/aromatic N) is 5. The van der Waals surface area contributed by atoms with Gasteiger partial charge in [0.2, 0.25) is 0 Å². The first-order valence-corrected chi connectivity index (χ1v) is 8.62. The Hall–Kier alpha value is -1.78. The smallest absolute Gasteiger partial charge is 0.192 e. The highest BCUT2D eigenvalue weighted by Gasteiger charge is 2.17. The topological polar surface area (TPSA) is 80.0 Å². The second-order valence-electron chi connectivity index (χ2n) is 6.30. The Morgan fingerprint density at radius 3 is 2.77 bits per heavy atom. The van der Waals surface area contributed by atoms with Crippen molar-refractivity contribution in [2.75, 3.05) is 0 Å². The van der Waals surface area contributed by atoms with Crippen LogP contribution in [-0.4, -0.2) is 31.7 Å². The number of pyridine rings is 1. The summed E-state index contributed by atoms with van der Waals surface area (Å²) in [7, 11) is 1.93. The van der Waals surface area contributed by atoms with Crippen LogP contribution in [0, 0.1) is 12.7 Å². The molecule has 0 amide bonds. The average molecular weight is 473 g/mol. The molecular formula is C17H25FIN7. The van der Waals surface area contributed by atoms with Gasteiger partial charge in [-0.25, -0.2) is 9.38 Å². The Kier molecular flexibility index (Phi) is 7.73. The van der Waals surface area contributed by atoms with Crippen LogP contribution in [0.5, 0.6) is 0 Å². The van der Waals surface area contributed by atoms with Crippen molar-refractivity contribution in [2.45, 2.75) is 51.7 Å². The highest BCUT2D eigenvalue weighted by molar-refractivity contribution is 14.0. The van der Waals surface area contributed by atoms with Gasteiger partial charge in [-0.1, -0.05) is 12.8 Å². The first-order chi connectivity index (χ1) is 12.1. The second-order valence-corrected chi connectivity index (χ2v) is 6.30. The van der Waals surface area contributed by atoms with E-state index in [0.717, 1.165) is 24.5 Å². The minimum atomic E-state index is -0.338. The highest BCUT2D eigenvalue weighted by Crippen LogP contribution is 2.17. The van der Waals surface area contributed by atoms with Gasteiger partial charge in [-0.2, -0.15) is 0 Å². The zero-order valence-corrected chi connectivity index (χ0v) is 17.4. The van der Waals surface area contributed by atoms with E-state index < -0.39 is 0 Å². The van der Waals surface area contributed by atoms with E-state index in [0.29, 0.717) is 24.2 Å². The fraction of sp³-hybridized carbons (Fsp3) is 0.529. The summed E-state index contributed by atoms with van der Waals surface area (Å²) in [6, 6.07) is 3.38. The maximum Gasteiger partial charge on any atom is 0.192 e. The summed E-state index contributed by atoms with van der Waals surface area (Å²) in [5.74, 6) is 1.99. The minimum Gasteiger partial charge on any atom is -0.354 e. The van der Waals surface area contributed by atoms with Gasteiger partial charge in [0.25, 0.3) is 0 Å². The molecule has 1 fully saturated rings. The van der Waals surface area contributed by atoms with Crippen LogP contribution in [-0.2, 0) is 20.1 Å². The van der Waals surface area contributed by atoms with E-state index >= 15 is 0 Å². The molecule has 3 rings (SSSR count). The van der Waals surface area contributed by atoms with E-state index in [4.69, 9.17) is 0 Å². The standard InChI is InChI=1S/C17H24FN7.HI/c1-12-23-24-16(25(12)2)11-21-17(22-13-6-3-4-7-13)20-10-15-14(18)8-5-9-19-15;/h5,8-9,13H,3-4,6-7,10-11H2,1-2H3,(H2,20,21,22);1H. The van der Waals surface area contributed by atoms with Crippen LogP contribution in [0.3, 0.4) is 0 Å². The van der Waals surface area contributed by atoms with Crippen molar-refractivity contribution in [1.82, 2.24) is 30.4 Å². The van der Waals surface area contributed by atoms with Crippen molar-refractivity contribution in [3.63, 3.8) is 0 Å². The van der Waals surface area contributed by atoms with Crippen LogP contribution in [0.25, 0.3) is 0 Å². The Balaban J connectivity index is 0.00000243. The van der Waals surface area contributed by atoms with Gasteiger partial charge in [0.15, 0.2) is 11.8 Å². The maximum atomic E-state index is 13.8. The molecule has 2 aromatic rings. The fourth-order valence-electron chi connectivity index (χ4n) is 2.87. The lowest BCUT2D eigenvalue weighted by Gasteiger charge is -2.17. The molecule has 1 saturated carbocycles. The number of aryl methyl sites for hydroxylation is 1. The number of nitrogens with one attached hydrogen (secondary N) is 2. The molecule has 2 N–H and O–H groups in total. The maximum absolute atomic E-state index is 13.8. The monoisotopic (exact) mass is 473 g/mol. The zero-order chi connectivity index (χ0) is 17.6. The van der Waals surface area contributed by atoms with E-state index in [2.05, 4.69) is 30.8 Å². The molecule has 0 unspecified atom stereocenters. The third-order valence-electron chi connectivity index (χ3n) is 4.51. The van der Waals surface area contributed by atoms with Crippen LogP contribution in [0.2, 0.25) is 0 Å². The number of halogens is 2. The molecular weight excluding hydrogens is 448 g/mol. The number of rotatable bonds is 5. The molecule has 0 atom stereocenters. The number of guanidine groups is 1. The van der Waals surface area contributed by atoms with Crippen molar-refractivity contribution >= 4 is 29.9 Å². The van der Waals surface area contributed by atoms with E-state index in [1.165, 1.54) is 18.9 Å². The Labute approximate surface area is 169 Å². The molecule has 0 aromatic carbocycles. The molecule has 0 aliphatic heterocycles. The summed E-state index contributed by atoms with van der Waals surface area (Å²) in [5, 5.41) is 14.9. The van der Waals surface area contributed by atoms with Gasteiger partial charge < -0.3 is 15.2 Å². The Morgan fingerprint density at radius 1 is 1.35 bits per heavy atom. The van der Waals surface area contributed by atoms with Crippen LogP contribution < -0.4 is 10.6 Å². The van der Waals surface area contributed by atoms with Crippen LogP contribution in [0.1, 0.15) is 43.0 Å². The Bertz CT molecular complexity index is 740. The second kappa shape index (κ2) is 9.79. The summed E-state index contributed by atoms with van der Waals surface area (Å²) in [5.41, 5.74) is 0.338. The lowest BCUT2D eigenvalue weighted by Crippen LogP contribution is -2.42. The fourth-order valence-corrected chi connectivity index (χ4v) is 2.87. The molecule has 142 valence electrons. The molecule has 9 heteroatoms. The van der Waals surface area contributed by atoms with Gasteiger partial charge in [-0.3, -0.25) is 4.98 Å². The highest BCUT2D eigenvalue weighted by atomic mass is 127.